The van der Waals surface area contributed by atoms with Crippen LogP contribution in [-0.2, 0) is 0 Å². The third-order valence-corrected chi connectivity index (χ3v) is 5.57. The van der Waals surface area contributed by atoms with Crippen LogP contribution in [0.15, 0.2) is 38.5 Å². The molecule has 2 nitrogen and oxygen atoms in total. The highest BCUT2D eigenvalue weighted by molar-refractivity contribution is 9.11. The summed E-state index contributed by atoms with van der Waals surface area (Å²) in [5, 5.41) is 4.20. The zero-order valence-electron chi connectivity index (χ0n) is 11.7. The molecular weight excluding hydrogens is 353 g/mol. The first-order valence-corrected chi connectivity index (χ1v) is 8.38. The lowest BCUT2D eigenvalue weighted by Crippen LogP contribution is -2.20. The molecule has 0 fully saturated rings. The van der Waals surface area contributed by atoms with Gasteiger partial charge in [-0.3, -0.25) is 0 Å². The zero-order valence-corrected chi connectivity index (χ0v) is 14.1. The third kappa shape index (κ3) is 2.78. The van der Waals surface area contributed by atoms with E-state index in [2.05, 4.69) is 34.2 Å². The van der Waals surface area contributed by atoms with Crippen LogP contribution in [0.1, 0.15) is 29.2 Å². The molecule has 0 saturated carbocycles. The summed E-state index contributed by atoms with van der Waals surface area (Å²) in [7, 11) is 0. The van der Waals surface area contributed by atoms with E-state index in [4.69, 9.17) is 4.42 Å². The van der Waals surface area contributed by atoms with Crippen LogP contribution in [0.4, 0.5) is 4.39 Å². The van der Waals surface area contributed by atoms with E-state index >= 15 is 0 Å². The van der Waals surface area contributed by atoms with E-state index in [0.29, 0.717) is 5.58 Å². The molecule has 0 saturated heterocycles. The second-order valence-electron chi connectivity index (χ2n) is 4.90. The van der Waals surface area contributed by atoms with Crippen LogP contribution in [0, 0.1) is 12.7 Å². The van der Waals surface area contributed by atoms with Gasteiger partial charge in [0.2, 0.25) is 0 Å². The van der Waals surface area contributed by atoms with E-state index in [1.807, 2.05) is 19.1 Å². The van der Waals surface area contributed by atoms with Crippen molar-refractivity contribution < 1.29 is 8.81 Å². The van der Waals surface area contributed by atoms with E-state index in [0.717, 1.165) is 26.4 Å². The quantitative estimate of drug-likeness (QED) is 0.667. The summed E-state index contributed by atoms with van der Waals surface area (Å²) in [6.07, 6.45) is 0. The first kappa shape index (κ1) is 14.8. The molecule has 3 rings (SSSR count). The minimum atomic E-state index is -0.322. The van der Waals surface area contributed by atoms with Gasteiger partial charge in [-0.25, -0.2) is 4.39 Å². The maximum absolute atomic E-state index is 13.8. The molecule has 1 unspecified atom stereocenters. The molecule has 3 aromatic rings. The van der Waals surface area contributed by atoms with Gasteiger partial charge in [-0.15, -0.1) is 11.3 Å². The van der Waals surface area contributed by atoms with E-state index < -0.39 is 0 Å². The average Bonchev–Trinajstić information content (AvgIpc) is 3.01. The number of hydrogen-bond acceptors (Lipinski definition) is 3. The Morgan fingerprint density at radius 3 is 2.81 bits per heavy atom. The maximum Gasteiger partial charge on any atom is 0.169 e. The number of aryl methyl sites for hydroxylation is 1. The predicted molar refractivity (Wildman–Crippen MR) is 88.4 cm³/mol. The highest BCUT2D eigenvalue weighted by Crippen LogP contribution is 2.36. The summed E-state index contributed by atoms with van der Waals surface area (Å²) in [6, 6.07) is 8.97. The standard InChI is InChI=1S/C16H15BrFNOS/c1-3-19-14(13-7-9(2)16(17)21-13)12-8-10-5-4-6-11(18)15(10)20-12/h4-8,14,19H,3H2,1-2H3. The number of thiophene rings is 1. The van der Waals surface area contributed by atoms with Gasteiger partial charge in [0.05, 0.1) is 3.79 Å². The summed E-state index contributed by atoms with van der Waals surface area (Å²) < 4.78 is 20.7. The first-order chi connectivity index (χ1) is 10.1. The number of hydrogen-bond donors (Lipinski definition) is 1. The zero-order chi connectivity index (χ0) is 15.0. The fourth-order valence-corrected chi connectivity index (χ4v) is 4.02. The Bertz CT molecular complexity index is 760. The summed E-state index contributed by atoms with van der Waals surface area (Å²) in [5.74, 6) is 0.420. The number of rotatable bonds is 4. The van der Waals surface area contributed by atoms with Crippen molar-refractivity contribution in [2.24, 2.45) is 0 Å². The Kier molecular flexibility index (Phi) is 4.15. The third-order valence-electron chi connectivity index (χ3n) is 3.37. The SMILES string of the molecule is CCNC(c1cc2cccc(F)c2o1)c1cc(C)c(Br)s1. The molecule has 0 aliphatic carbocycles. The molecule has 0 bridgehead atoms. The Balaban J connectivity index is 2.08. The van der Waals surface area contributed by atoms with Gasteiger partial charge in [0.15, 0.2) is 11.4 Å². The van der Waals surface area contributed by atoms with Crippen molar-refractivity contribution in [1.82, 2.24) is 5.32 Å². The van der Waals surface area contributed by atoms with Crippen LogP contribution in [0.5, 0.6) is 0 Å². The summed E-state index contributed by atoms with van der Waals surface area (Å²) >= 11 is 5.23. The predicted octanol–water partition coefficient (Wildman–Crippen LogP) is 5.40. The first-order valence-electron chi connectivity index (χ1n) is 6.77. The maximum atomic E-state index is 13.8. The highest BCUT2D eigenvalue weighted by atomic mass is 79.9. The molecule has 1 atom stereocenters. The molecule has 0 aliphatic heterocycles. The van der Waals surface area contributed by atoms with Crippen molar-refractivity contribution in [1.29, 1.82) is 0 Å². The molecule has 1 N–H and O–H groups in total. The molecule has 2 heterocycles. The van der Waals surface area contributed by atoms with E-state index in [-0.39, 0.29) is 11.9 Å². The molecule has 0 radical (unpaired) electrons. The lowest BCUT2D eigenvalue weighted by atomic mass is 10.1. The minimum Gasteiger partial charge on any atom is -0.456 e. The number of furan rings is 1. The lowest BCUT2D eigenvalue weighted by molar-refractivity contribution is 0.468. The van der Waals surface area contributed by atoms with Crippen LogP contribution in [0.3, 0.4) is 0 Å². The van der Waals surface area contributed by atoms with Gasteiger partial charge in [0.25, 0.3) is 0 Å². The number of benzene rings is 1. The van der Waals surface area contributed by atoms with Gasteiger partial charge in [0, 0.05) is 10.3 Å². The number of para-hydroxylation sites is 1. The highest BCUT2D eigenvalue weighted by Gasteiger charge is 2.21. The Hall–Kier alpha value is -1.17. The Morgan fingerprint density at radius 2 is 2.19 bits per heavy atom. The van der Waals surface area contributed by atoms with Crippen molar-refractivity contribution in [2.45, 2.75) is 19.9 Å². The van der Waals surface area contributed by atoms with Crippen molar-refractivity contribution in [3.63, 3.8) is 0 Å². The topological polar surface area (TPSA) is 25.2 Å². The second kappa shape index (κ2) is 5.91. The molecular formula is C16H15BrFNOS. The summed E-state index contributed by atoms with van der Waals surface area (Å²) in [4.78, 5) is 1.15. The van der Waals surface area contributed by atoms with Gasteiger partial charge < -0.3 is 9.73 Å². The normalized spacial score (nSPS) is 13.0. The number of fused-ring (bicyclic) bond motifs is 1. The monoisotopic (exact) mass is 367 g/mol. The lowest BCUT2D eigenvalue weighted by Gasteiger charge is -2.13. The van der Waals surface area contributed by atoms with E-state index in [1.165, 1.54) is 11.6 Å². The van der Waals surface area contributed by atoms with Gasteiger partial charge >= 0.3 is 0 Å². The Morgan fingerprint density at radius 1 is 1.38 bits per heavy atom. The van der Waals surface area contributed by atoms with E-state index in [9.17, 15) is 4.39 Å². The Labute approximate surface area is 135 Å². The van der Waals surface area contributed by atoms with Crippen LogP contribution in [0.2, 0.25) is 0 Å². The van der Waals surface area contributed by atoms with Crippen LogP contribution < -0.4 is 5.32 Å². The fraction of sp³-hybridized carbons (Fsp3) is 0.250. The molecule has 0 spiro atoms. The van der Waals surface area contributed by atoms with Crippen molar-refractivity contribution in [2.75, 3.05) is 6.54 Å². The van der Waals surface area contributed by atoms with Crippen LogP contribution in [-0.4, -0.2) is 6.54 Å². The molecule has 110 valence electrons. The fourth-order valence-electron chi connectivity index (χ4n) is 2.36. The molecule has 2 aromatic heterocycles. The smallest absolute Gasteiger partial charge is 0.169 e. The second-order valence-corrected chi connectivity index (χ2v) is 7.30. The van der Waals surface area contributed by atoms with Gasteiger partial charge in [-0.1, -0.05) is 19.1 Å². The average molecular weight is 368 g/mol. The van der Waals surface area contributed by atoms with Crippen LogP contribution in [0.25, 0.3) is 11.0 Å². The minimum absolute atomic E-state index is 0.0585. The van der Waals surface area contributed by atoms with Crippen LogP contribution >= 0.6 is 27.3 Å². The van der Waals surface area contributed by atoms with Gasteiger partial charge in [0.1, 0.15) is 11.8 Å². The molecule has 5 heteroatoms. The summed E-state index contributed by atoms with van der Waals surface area (Å²) in [6.45, 7) is 4.91. The largest absolute Gasteiger partial charge is 0.456 e. The number of halogens is 2. The molecule has 1 aromatic carbocycles. The van der Waals surface area contributed by atoms with Crippen molar-refractivity contribution in [3.05, 3.63) is 56.1 Å². The van der Waals surface area contributed by atoms with Gasteiger partial charge in [-0.05, 0) is 53.2 Å². The van der Waals surface area contributed by atoms with Gasteiger partial charge in [-0.2, -0.15) is 0 Å². The van der Waals surface area contributed by atoms with E-state index in [1.54, 1.807) is 17.4 Å². The molecule has 0 amide bonds. The molecule has 0 aliphatic rings. The summed E-state index contributed by atoms with van der Waals surface area (Å²) in [5.41, 5.74) is 1.52. The van der Waals surface area contributed by atoms with Crippen molar-refractivity contribution in [3.8, 4) is 0 Å². The van der Waals surface area contributed by atoms with Crippen molar-refractivity contribution >= 4 is 38.2 Å². The number of nitrogens with one attached hydrogen (secondary N) is 1. The molecule has 21 heavy (non-hydrogen) atoms.